The van der Waals surface area contributed by atoms with Gasteiger partial charge in [-0.15, -0.1) is 0 Å². The Morgan fingerprint density at radius 3 is 3.11 bits per heavy atom. The molecule has 1 unspecified atom stereocenters. The Morgan fingerprint density at radius 2 is 2.42 bits per heavy atom. The van der Waals surface area contributed by atoms with Gasteiger partial charge in [-0.3, -0.25) is 4.79 Å². The van der Waals surface area contributed by atoms with Crippen LogP contribution in [0.2, 0.25) is 0 Å². The number of nitrogens with zero attached hydrogens (tertiary/aromatic N) is 1. The minimum absolute atomic E-state index is 0.0185. The van der Waals surface area contributed by atoms with E-state index in [-0.39, 0.29) is 16.5 Å². The molecule has 0 aliphatic carbocycles. The molecule has 0 spiro atoms. The summed E-state index contributed by atoms with van der Waals surface area (Å²) >= 11 is 3.11. The first-order valence-corrected chi connectivity index (χ1v) is 6.90. The number of benzene rings is 1. The van der Waals surface area contributed by atoms with Crippen molar-refractivity contribution in [1.82, 2.24) is 10.2 Å². The lowest BCUT2D eigenvalue weighted by atomic mass is 10.2. The van der Waals surface area contributed by atoms with Crippen LogP contribution in [0, 0.1) is 5.82 Å². The summed E-state index contributed by atoms with van der Waals surface area (Å²) in [5.41, 5.74) is 0.325. The number of carbonyl (C=O) groups excluding carboxylic acids is 1. The molecule has 0 radical (unpaired) electrons. The second kappa shape index (κ2) is 6.45. The van der Waals surface area contributed by atoms with Crippen molar-refractivity contribution in [2.75, 3.05) is 33.3 Å². The largest absolute Gasteiger partial charge is 0.374 e. The lowest BCUT2D eigenvalue weighted by Crippen LogP contribution is -2.45. The average Bonchev–Trinajstić information content (AvgIpc) is 2.42. The molecule has 0 saturated carbocycles. The Hall–Kier alpha value is -0.980. The molecule has 4 nitrogen and oxygen atoms in total. The molecule has 1 aliphatic rings. The highest BCUT2D eigenvalue weighted by atomic mass is 79.9. The van der Waals surface area contributed by atoms with Crippen molar-refractivity contribution in [3.8, 4) is 0 Å². The number of morpholine rings is 1. The van der Waals surface area contributed by atoms with Crippen LogP contribution in [0.15, 0.2) is 22.7 Å². The molecule has 6 heteroatoms. The molecular weight excluding hydrogens is 315 g/mol. The number of halogens is 2. The van der Waals surface area contributed by atoms with Crippen LogP contribution in [0.25, 0.3) is 0 Å². The minimum atomic E-state index is -0.435. The van der Waals surface area contributed by atoms with Gasteiger partial charge in [0.2, 0.25) is 0 Å². The molecule has 1 aromatic carbocycles. The van der Waals surface area contributed by atoms with Gasteiger partial charge in [0.1, 0.15) is 5.82 Å². The number of rotatable bonds is 3. The Morgan fingerprint density at radius 1 is 1.63 bits per heavy atom. The molecule has 1 aromatic rings. The number of hydrogen-bond donors (Lipinski definition) is 1. The van der Waals surface area contributed by atoms with Crippen LogP contribution in [-0.2, 0) is 4.74 Å². The van der Waals surface area contributed by atoms with E-state index in [1.807, 2.05) is 0 Å². The van der Waals surface area contributed by atoms with Gasteiger partial charge < -0.3 is 15.0 Å². The highest BCUT2D eigenvalue weighted by molar-refractivity contribution is 9.10. The number of nitrogens with one attached hydrogen (secondary N) is 1. The maximum Gasteiger partial charge on any atom is 0.254 e. The maximum absolute atomic E-state index is 13.4. The van der Waals surface area contributed by atoms with Gasteiger partial charge in [-0.2, -0.15) is 0 Å². The fourth-order valence-electron chi connectivity index (χ4n) is 2.00. The predicted molar refractivity (Wildman–Crippen MR) is 73.7 cm³/mol. The SMILES string of the molecule is CN(CC1CNCCO1)C(=O)c1cccc(F)c1Br. The third-order valence-corrected chi connectivity index (χ3v) is 3.82. The zero-order chi connectivity index (χ0) is 13.8. The maximum atomic E-state index is 13.4. The van der Waals surface area contributed by atoms with Crippen molar-refractivity contribution in [3.63, 3.8) is 0 Å². The van der Waals surface area contributed by atoms with Crippen LogP contribution >= 0.6 is 15.9 Å². The summed E-state index contributed by atoms with van der Waals surface area (Å²) in [7, 11) is 1.69. The van der Waals surface area contributed by atoms with E-state index in [0.717, 1.165) is 13.1 Å². The van der Waals surface area contributed by atoms with Gasteiger partial charge in [0, 0.05) is 26.7 Å². The molecule has 1 amide bonds. The van der Waals surface area contributed by atoms with E-state index in [2.05, 4.69) is 21.2 Å². The Bertz CT molecular complexity index is 464. The van der Waals surface area contributed by atoms with Crippen molar-refractivity contribution in [2.45, 2.75) is 6.10 Å². The van der Waals surface area contributed by atoms with E-state index < -0.39 is 5.82 Å². The summed E-state index contributed by atoms with van der Waals surface area (Å²) in [5.74, 6) is -0.657. The first-order valence-electron chi connectivity index (χ1n) is 6.11. The fraction of sp³-hybridized carbons (Fsp3) is 0.462. The molecule has 1 heterocycles. The zero-order valence-electron chi connectivity index (χ0n) is 10.7. The molecule has 1 aliphatic heterocycles. The van der Waals surface area contributed by atoms with Gasteiger partial charge in [-0.05, 0) is 28.1 Å². The standard InChI is InChI=1S/C13H16BrFN2O2/c1-17(8-9-7-16-5-6-19-9)13(18)10-3-2-4-11(15)12(10)14/h2-4,9,16H,5-8H2,1H3. The molecule has 0 bridgehead atoms. The topological polar surface area (TPSA) is 41.6 Å². The van der Waals surface area contributed by atoms with Gasteiger partial charge in [-0.1, -0.05) is 6.07 Å². The first kappa shape index (κ1) is 14.4. The van der Waals surface area contributed by atoms with E-state index in [0.29, 0.717) is 18.7 Å². The van der Waals surface area contributed by atoms with Gasteiger partial charge in [0.05, 0.1) is 22.7 Å². The van der Waals surface area contributed by atoms with Crippen molar-refractivity contribution >= 4 is 21.8 Å². The predicted octanol–water partition coefficient (Wildman–Crippen LogP) is 1.65. The van der Waals surface area contributed by atoms with Gasteiger partial charge in [0.15, 0.2) is 0 Å². The van der Waals surface area contributed by atoms with Crippen LogP contribution in [0.4, 0.5) is 4.39 Å². The lowest BCUT2D eigenvalue weighted by molar-refractivity contribution is 0.0103. The zero-order valence-corrected chi connectivity index (χ0v) is 12.2. The third kappa shape index (κ3) is 3.52. The van der Waals surface area contributed by atoms with E-state index in [1.165, 1.54) is 12.1 Å². The van der Waals surface area contributed by atoms with E-state index >= 15 is 0 Å². The van der Waals surface area contributed by atoms with E-state index in [9.17, 15) is 9.18 Å². The molecular formula is C13H16BrFN2O2. The van der Waals surface area contributed by atoms with Crippen molar-refractivity contribution in [3.05, 3.63) is 34.1 Å². The van der Waals surface area contributed by atoms with Crippen molar-refractivity contribution in [2.24, 2.45) is 0 Å². The van der Waals surface area contributed by atoms with Gasteiger partial charge in [0.25, 0.3) is 5.91 Å². The summed E-state index contributed by atoms with van der Waals surface area (Å²) in [6, 6.07) is 4.45. The van der Waals surface area contributed by atoms with Gasteiger partial charge in [-0.25, -0.2) is 4.39 Å². The summed E-state index contributed by atoms with van der Waals surface area (Å²) in [5, 5.41) is 3.21. The molecule has 1 atom stereocenters. The number of ether oxygens (including phenoxy) is 1. The normalized spacial score (nSPS) is 19.2. The Kier molecular flexibility index (Phi) is 4.90. The molecule has 1 saturated heterocycles. The highest BCUT2D eigenvalue weighted by Crippen LogP contribution is 2.21. The van der Waals surface area contributed by atoms with E-state index in [1.54, 1.807) is 18.0 Å². The fourth-order valence-corrected chi connectivity index (χ4v) is 2.43. The molecule has 1 N–H and O–H groups in total. The van der Waals surface area contributed by atoms with Crippen molar-refractivity contribution in [1.29, 1.82) is 0 Å². The number of likely N-dealkylation sites (N-methyl/N-ethyl adjacent to an activating group) is 1. The Balaban J connectivity index is 2.03. The summed E-state index contributed by atoms with van der Waals surface area (Å²) in [4.78, 5) is 13.8. The highest BCUT2D eigenvalue weighted by Gasteiger charge is 2.21. The van der Waals surface area contributed by atoms with Crippen LogP contribution in [0.5, 0.6) is 0 Å². The van der Waals surface area contributed by atoms with Crippen LogP contribution in [-0.4, -0.2) is 50.2 Å². The van der Waals surface area contributed by atoms with E-state index in [4.69, 9.17) is 4.74 Å². The number of hydrogen-bond acceptors (Lipinski definition) is 3. The second-order valence-corrected chi connectivity index (χ2v) is 5.28. The summed E-state index contributed by atoms with van der Waals surface area (Å²) in [6.45, 7) is 2.69. The molecule has 19 heavy (non-hydrogen) atoms. The molecule has 1 fully saturated rings. The first-order chi connectivity index (χ1) is 9.09. The third-order valence-electron chi connectivity index (χ3n) is 3.01. The average molecular weight is 331 g/mol. The quantitative estimate of drug-likeness (QED) is 0.916. The van der Waals surface area contributed by atoms with Crippen molar-refractivity contribution < 1.29 is 13.9 Å². The molecule has 2 rings (SSSR count). The second-order valence-electron chi connectivity index (χ2n) is 4.48. The Labute approximate surface area is 120 Å². The van der Waals surface area contributed by atoms with Crippen LogP contribution in [0.3, 0.4) is 0 Å². The minimum Gasteiger partial charge on any atom is -0.374 e. The number of amides is 1. The van der Waals surface area contributed by atoms with Crippen LogP contribution in [0.1, 0.15) is 10.4 Å². The monoisotopic (exact) mass is 330 g/mol. The molecule has 104 valence electrons. The number of carbonyl (C=O) groups is 1. The summed E-state index contributed by atoms with van der Waals surface area (Å²) in [6.07, 6.45) is -0.0185. The van der Waals surface area contributed by atoms with Gasteiger partial charge >= 0.3 is 0 Å². The molecule has 0 aromatic heterocycles. The van der Waals surface area contributed by atoms with Crippen LogP contribution < -0.4 is 5.32 Å². The smallest absolute Gasteiger partial charge is 0.254 e. The summed E-state index contributed by atoms with van der Waals surface area (Å²) < 4.78 is 19.2. The lowest BCUT2D eigenvalue weighted by Gasteiger charge is -2.28.